The number of aromatic nitrogens is 3. The molecular formula is C17H19N5OS. The maximum absolute atomic E-state index is 5.40. The maximum Gasteiger partial charge on any atom is 0.151 e. The van der Waals surface area contributed by atoms with Gasteiger partial charge >= 0.3 is 0 Å². The fourth-order valence-corrected chi connectivity index (χ4v) is 3.49. The Morgan fingerprint density at radius 1 is 1.17 bits per heavy atom. The summed E-state index contributed by atoms with van der Waals surface area (Å²) in [4.78, 5) is 6.73. The van der Waals surface area contributed by atoms with E-state index in [9.17, 15) is 0 Å². The molecule has 6 nitrogen and oxygen atoms in total. The van der Waals surface area contributed by atoms with Crippen molar-refractivity contribution in [3.63, 3.8) is 0 Å². The summed E-state index contributed by atoms with van der Waals surface area (Å²) in [6, 6.07) is 12.3. The number of aryl methyl sites for hydroxylation is 1. The smallest absolute Gasteiger partial charge is 0.151 e. The Balaban J connectivity index is 1.52. The van der Waals surface area contributed by atoms with Crippen molar-refractivity contribution in [3.05, 3.63) is 42.6 Å². The van der Waals surface area contributed by atoms with Crippen LogP contribution >= 0.6 is 11.9 Å². The van der Waals surface area contributed by atoms with Gasteiger partial charge in [0.05, 0.1) is 24.4 Å². The molecule has 0 amide bonds. The molecule has 0 spiro atoms. The van der Waals surface area contributed by atoms with Crippen LogP contribution in [0, 0.1) is 0 Å². The third-order valence-electron chi connectivity index (χ3n) is 4.06. The van der Waals surface area contributed by atoms with Gasteiger partial charge in [-0.3, -0.25) is 9.67 Å². The number of benzene rings is 1. The summed E-state index contributed by atoms with van der Waals surface area (Å²) < 4.78 is 10.7. The molecule has 3 aromatic rings. The predicted octanol–water partition coefficient (Wildman–Crippen LogP) is 2.92. The Bertz CT molecular complexity index is 839. The first-order chi connectivity index (χ1) is 11.8. The Morgan fingerprint density at radius 2 is 2.00 bits per heavy atom. The molecule has 0 unspecified atom stereocenters. The summed E-state index contributed by atoms with van der Waals surface area (Å²) in [6.45, 7) is 3.31. The third-order valence-corrected chi connectivity index (χ3v) is 4.97. The van der Waals surface area contributed by atoms with Gasteiger partial charge < -0.3 is 14.4 Å². The number of hydrogen-bond acceptors (Lipinski definition) is 6. The van der Waals surface area contributed by atoms with Crippen LogP contribution in [0.3, 0.4) is 0 Å². The van der Waals surface area contributed by atoms with E-state index in [1.807, 2.05) is 36.1 Å². The minimum absolute atomic E-state index is 0.763. The molecule has 0 saturated carbocycles. The normalized spacial score (nSPS) is 15.0. The lowest BCUT2D eigenvalue weighted by atomic mass is 10.2. The zero-order valence-electron chi connectivity index (χ0n) is 13.5. The van der Waals surface area contributed by atoms with E-state index in [1.165, 1.54) is 0 Å². The van der Waals surface area contributed by atoms with E-state index >= 15 is 0 Å². The van der Waals surface area contributed by atoms with Crippen molar-refractivity contribution in [2.24, 2.45) is 7.05 Å². The van der Waals surface area contributed by atoms with Gasteiger partial charge in [-0.05, 0) is 12.1 Å². The van der Waals surface area contributed by atoms with Crippen LogP contribution in [0.2, 0.25) is 0 Å². The van der Waals surface area contributed by atoms with Crippen LogP contribution in [0.15, 0.2) is 47.6 Å². The first-order valence-electron chi connectivity index (χ1n) is 7.94. The maximum atomic E-state index is 5.40. The lowest BCUT2D eigenvalue weighted by Crippen LogP contribution is -2.36. The molecule has 0 atom stereocenters. The second kappa shape index (κ2) is 6.70. The van der Waals surface area contributed by atoms with E-state index in [0.717, 1.165) is 53.7 Å². The fourth-order valence-electron chi connectivity index (χ4n) is 2.77. The van der Waals surface area contributed by atoms with Crippen molar-refractivity contribution in [1.29, 1.82) is 0 Å². The molecule has 1 aliphatic rings. The van der Waals surface area contributed by atoms with E-state index in [0.29, 0.717) is 0 Å². The second-order valence-corrected chi connectivity index (χ2v) is 6.48. The number of anilines is 2. The molecule has 2 aromatic heterocycles. The summed E-state index contributed by atoms with van der Waals surface area (Å²) >= 11 is 1.55. The van der Waals surface area contributed by atoms with Crippen LogP contribution in [0.1, 0.15) is 0 Å². The molecule has 0 bridgehead atoms. The van der Waals surface area contributed by atoms with E-state index in [2.05, 4.69) is 37.9 Å². The zero-order valence-corrected chi connectivity index (χ0v) is 14.3. The Kier molecular flexibility index (Phi) is 4.27. The van der Waals surface area contributed by atoms with Crippen molar-refractivity contribution < 1.29 is 4.74 Å². The van der Waals surface area contributed by atoms with Crippen LogP contribution in [-0.4, -0.2) is 41.1 Å². The highest BCUT2D eigenvalue weighted by Gasteiger charge is 2.16. The molecule has 1 fully saturated rings. The van der Waals surface area contributed by atoms with E-state index < -0.39 is 0 Å². The highest BCUT2D eigenvalue weighted by Crippen LogP contribution is 2.28. The first-order valence-corrected chi connectivity index (χ1v) is 8.76. The summed E-state index contributed by atoms with van der Waals surface area (Å²) in [5.41, 5.74) is 1.98. The van der Waals surface area contributed by atoms with Gasteiger partial charge in [0.1, 0.15) is 5.03 Å². The number of nitrogens with one attached hydrogen (secondary N) is 1. The van der Waals surface area contributed by atoms with E-state index in [4.69, 9.17) is 4.74 Å². The van der Waals surface area contributed by atoms with Crippen molar-refractivity contribution in [1.82, 2.24) is 14.8 Å². The number of ether oxygens (including phenoxy) is 1. The average molecular weight is 341 g/mol. The molecular weight excluding hydrogens is 322 g/mol. The average Bonchev–Trinajstić information content (AvgIpc) is 3.01. The molecule has 1 N–H and O–H groups in total. The van der Waals surface area contributed by atoms with E-state index in [1.54, 1.807) is 11.9 Å². The standard InChI is InChI=1S/C17H19N5OS/c1-21-16(12-15(19-21)22-8-10-23-11-9-22)24-20-14-6-2-4-13-5-3-7-18-17(13)14/h2-7,12,20H,8-11H2,1H3. The van der Waals surface area contributed by atoms with Crippen LogP contribution in [0.5, 0.6) is 0 Å². The number of pyridine rings is 1. The van der Waals surface area contributed by atoms with Crippen molar-refractivity contribution in [3.8, 4) is 0 Å². The first kappa shape index (κ1) is 15.3. The summed E-state index contributed by atoms with van der Waals surface area (Å²) in [6.07, 6.45) is 1.82. The van der Waals surface area contributed by atoms with Gasteiger partial charge in [-0.1, -0.05) is 18.2 Å². The molecule has 24 heavy (non-hydrogen) atoms. The quantitative estimate of drug-likeness (QED) is 0.737. The van der Waals surface area contributed by atoms with Crippen molar-refractivity contribution >= 4 is 34.4 Å². The van der Waals surface area contributed by atoms with Crippen molar-refractivity contribution in [2.75, 3.05) is 35.9 Å². The third kappa shape index (κ3) is 3.05. The van der Waals surface area contributed by atoms with Gasteiger partial charge in [0, 0.05) is 49.7 Å². The number of morpholine rings is 1. The summed E-state index contributed by atoms with van der Waals surface area (Å²) in [5.74, 6) is 1.00. The minimum Gasteiger partial charge on any atom is -0.378 e. The predicted molar refractivity (Wildman–Crippen MR) is 97.5 cm³/mol. The Morgan fingerprint density at radius 3 is 2.88 bits per heavy atom. The van der Waals surface area contributed by atoms with Gasteiger partial charge in [0.25, 0.3) is 0 Å². The van der Waals surface area contributed by atoms with Crippen LogP contribution in [-0.2, 0) is 11.8 Å². The van der Waals surface area contributed by atoms with Gasteiger partial charge in [0.2, 0.25) is 0 Å². The number of rotatable bonds is 4. The molecule has 0 radical (unpaired) electrons. The van der Waals surface area contributed by atoms with Crippen molar-refractivity contribution in [2.45, 2.75) is 5.03 Å². The highest BCUT2D eigenvalue weighted by molar-refractivity contribution is 8.00. The molecule has 1 aromatic carbocycles. The Hall–Kier alpha value is -2.25. The van der Waals surface area contributed by atoms with Crippen LogP contribution < -0.4 is 9.62 Å². The SMILES string of the molecule is Cn1nc(N2CCOCC2)cc1SNc1cccc2cccnc12. The largest absolute Gasteiger partial charge is 0.378 e. The summed E-state index contributed by atoms with van der Waals surface area (Å²) in [7, 11) is 1.97. The van der Waals surface area contributed by atoms with Crippen LogP contribution in [0.25, 0.3) is 10.9 Å². The molecule has 0 aliphatic carbocycles. The molecule has 1 saturated heterocycles. The topological polar surface area (TPSA) is 55.2 Å². The molecule has 124 valence electrons. The zero-order chi connectivity index (χ0) is 16.4. The lowest BCUT2D eigenvalue weighted by molar-refractivity contribution is 0.122. The number of nitrogens with zero attached hydrogens (tertiary/aromatic N) is 4. The minimum atomic E-state index is 0.763. The van der Waals surface area contributed by atoms with Gasteiger partial charge in [0.15, 0.2) is 5.82 Å². The molecule has 1 aliphatic heterocycles. The second-order valence-electron chi connectivity index (χ2n) is 5.65. The highest BCUT2D eigenvalue weighted by atomic mass is 32.2. The van der Waals surface area contributed by atoms with Gasteiger partial charge in [-0.25, -0.2) is 0 Å². The van der Waals surface area contributed by atoms with E-state index in [-0.39, 0.29) is 0 Å². The molecule has 7 heteroatoms. The fraction of sp³-hybridized carbons (Fsp3) is 0.294. The molecule has 3 heterocycles. The monoisotopic (exact) mass is 341 g/mol. The number of fused-ring (bicyclic) bond motifs is 1. The van der Waals surface area contributed by atoms with Gasteiger partial charge in [-0.2, -0.15) is 5.10 Å². The molecule has 4 rings (SSSR count). The summed E-state index contributed by atoms with van der Waals surface area (Å²) in [5, 5.41) is 6.81. The Labute approximate surface area is 144 Å². The lowest BCUT2D eigenvalue weighted by Gasteiger charge is -2.26. The van der Waals surface area contributed by atoms with Gasteiger partial charge in [-0.15, -0.1) is 0 Å². The number of para-hydroxylation sites is 1. The van der Waals surface area contributed by atoms with Crippen LogP contribution in [0.4, 0.5) is 11.5 Å². The number of hydrogen-bond donors (Lipinski definition) is 1.